The molecule has 0 aliphatic carbocycles. The molecule has 2 rings (SSSR count). The summed E-state index contributed by atoms with van der Waals surface area (Å²) in [6, 6.07) is 6.17. The summed E-state index contributed by atoms with van der Waals surface area (Å²) in [5.74, 6) is 1.17. The molecule has 1 heterocycles. The van der Waals surface area contributed by atoms with Crippen molar-refractivity contribution < 1.29 is 22.6 Å². The fraction of sp³-hybridized carbons (Fsp3) is 0.357. The van der Waals surface area contributed by atoms with E-state index in [-0.39, 0.29) is 6.54 Å². The van der Waals surface area contributed by atoms with Crippen molar-refractivity contribution in [3.63, 3.8) is 0 Å². The zero-order valence-electron chi connectivity index (χ0n) is 12.4. The van der Waals surface area contributed by atoms with Gasteiger partial charge in [0.15, 0.2) is 5.69 Å². The van der Waals surface area contributed by atoms with Gasteiger partial charge in [-0.25, -0.2) is 0 Å². The third-order valence-corrected chi connectivity index (χ3v) is 3.14. The average Bonchev–Trinajstić information content (AvgIpc) is 2.86. The maximum atomic E-state index is 12.6. The third-order valence-electron chi connectivity index (χ3n) is 3.14. The molecule has 1 aromatic heterocycles. The minimum absolute atomic E-state index is 0.183. The zero-order valence-corrected chi connectivity index (χ0v) is 12.4. The SMILES string of the molecule is COc1ccc(NCc2cc(C(F)(F)F)nn2C)c(OC)c1. The molecular weight excluding hydrogens is 299 g/mol. The summed E-state index contributed by atoms with van der Waals surface area (Å²) in [6.45, 7) is 0.183. The second-order valence-corrected chi connectivity index (χ2v) is 4.56. The van der Waals surface area contributed by atoms with Crippen LogP contribution in [0.1, 0.15) is 11.4 Å². The Morgan fingerprint density at radius 3 is 2.45 bits per heavy atom. The molecule has 0 aliphatic rings. The molecule has 2 aromatic rings. The van der Waals surface area contributed by atoms with Gasteiger partial charge in [0, 0.05) is 13.1 Å². The van der Waals surface area contributed by atoms with E-state index in [9.17, 15) is 13.2 Å². The number of anilines is 1. The lowest BCUT2D eigenvalue weighted by molar-refractivity contribution is -0.141. The summed E-state index contributed by atoms with van der Waals surface area (Å²) in [4.78, 5) is 0. The molecule has 0 unspecified atom stereocenters. The Morgan fingerprint density at radius 1 is 1.18 bits per heavy atom. The van der Waals surface area contributed by atoms with Crippen LogP contribution in [0.3, 0.4) is 0 Å². The minimum atomic E-state index is -4.45. The van der Waals surface area contributed by atoms with Gasteiger partial charge >= 0.3 is 6.18 Å². The highest BCUT2D eigenvalue weighted by Gasteiger charge is 2.34. The lowest BCUT2D eigenvalue weighted by Crippen LogP contribution is -2.07. The molecule has 1 aromatic carbocycles. The second-order valence-electron chi connectivity index (χ2n) is 4.56. The minimum Gasteiger partial charge on any atom is -0.497 e. The quantitative estimate of drug-likeness (QED) is 0.921. The molecule has 5 nitrogen and oxygen atoms in total. The molecule has 0 saturated heterocycles. The number of methoxy groups -OCH3 is 2. The van der Waals surface area contributed by atoms with E-state index in [1.165, 1.54) is 25.9 Å². The van der Waals surface area contributed by atoms with Gasteiger partial charge in [-0.05, 0) is 18.2 Å². The van der Waals surface area contributed by atoms with E-state index < -0.39 is 11.9 Å². The van der Waals surface area contributed by atoms with Crippen LogP contribution >= 0.6 is 0 Å². The molecule has 8 heteroatoms. The number of alkyl halides is 3. The molecule has 0 aliphatic heterocycles. The van der Waals surface area contributed by atoms with Crippen molar-refractivity contribution in [2.75, 3.05) is 19.5 Å². The van der Waals surface area contributed by atoms with Gasteiger partial charge in [-0.15, -0.1) is 0 Å². The van der Waals surface area contributed by atoms with Gasteiger partial charge in [-0.3, -0.25) is 4.68 Å². The van der Waals surface area contributed by atoms with Gasteiger partial charge in [0.25, 0.3) is 0 Å². The summed E-state index contributed by atoms with van der Waals surface area (Å²) in [5, 5.41) is 6.49. The van der Waals surface area contributed by atoms with Crippen molar-refractivity contribution in [3.8, 4) is 11.5 Å². The number of ether oxygens (including phenoxy) is 2. The van der Waals surface area contributed by atoms with Gasteiger partial charge < -0.3 is 14.8 Å². The summed E-state index contributed by atoms with van der Waals surface area (Å²) in [5.41, 5.74) is 0.150. The van der Waals surface area contributed by atoms with Crippen LogP contribution in [0.25, 0.3) is 0 Å². The highest BCUT2D eigenvalue weighted by atomic mass is 19.4. The Kier molecular flexibility index (Phi) is 4.48. The lowest BCUT2D eigenvalue weighted by Gasteiger charge is -2.12. The number of nitrogens with one attached hydrogen (secondary N) is 1. The Balaban J connectivity index is 2.15. The molecule has 22 heavy (non-hydrogen) atoms. The normalized spacial score (nSPS) is 11.4. The van der Waals surface area contributed by atoms with Crippen molar-refractivity contribution in [2.24, 2.45) is 7.05 Å². The first-order valence-corrected chi connectivity index (χ1v) is 6.41. The topological polar surface area (TPSA) is 48.3 Å². The van der Waals surface area contributed by atoms with Crippen LogP contribution in [-0.4, -0.2) is 24.0 Å². The van der Waals surface area contributed by atoms with E-state index >= 15 is 0 Å². The predicted octanol–water partition coefficient (Wildman–Crippen LogP) is 3.07. The first-order valence-electron chi connectivity index (χ1n) is 6.41. The van der Waals surface area contributed by atoms with Gasteiger partial charge in [-0.1, -0.05) is 0 Å². The number of hydrogen-bond acceptors (Lipinski definition) is 4. The molecule has 120 valence electrons. The highest BCUT2D eigenvalue weighted by Crippen LogP contribution is 2.31. The number of aromatic nitrogens is 2. The first-order chi connectivity index (χ1) is 10.3. The first kappa shape index (κ1) is 16.0. The molecule has 0 atom stereocenters. The molecule has 0 saturated carbocycles. The van der Waals surface area contributed by atoms with E-state index in [0.29, 0.717) is 22.9 Å². The van der Waals surface area contributed by atoms with Crippen LogP contribution in [0.15, 0.2) is 24.3 Å². The van der Waals surface area contributed by atoms with E-state index in [2.05, 4.69) is 10.4 Å². The molecule has 0 bridgehead atoms. The van der Waals surface area contributed by atoms with E-state index in [4.69, 9.17) is 9.47 Å². The highest BCUT2D eigenvalue weighted by molar-refractivity contribution is 5.59. The van der Waals surface area contributed by atoms with Crippen LogP contribution < -0.4 is 14.8 Å². The monoisotopic (exact) mass is 315 g/mol. The number of nitrogens with zero attached hydrogens (tertiary/aromatic N) is 2. The standard InChI is InChI=1S/C14H16F3N3O2/c1-20-9(6-13(19-20)14(15,16)17)8-18-11-5-4-10(21-2)7-12(11)22-3/h4-7,18H,8H2,1-3H3. The van der Waals surface area contributed by atoms with Crippen LogP contribution in [0, 0.1) is 0 Å². The summed E-state index contributed by atoms with van der Waals surface area (Å²) < 4.78 is 49.4. The van der Waals surface area contributed by atoms with Crippen molar-refractivity contribution >= 4 is 5.69 Å². The number of rotatable bonds is 5. The van der Waals surface area contributed by atoms with Gasteiger partial charge in [0.2, 0.25) is 0 Å². The molecule has 1 N–H and O–H groups in total. The second kappa shape index (κ2) is 6.17. The maximum Gasteiger partial charge on any atom is 0.435 e. The number of hydrogen-bond donors (Lipinski definition) is 1. The van der Waals surface area contributed by atoms with Crippen LogP contribution in [0.4, 0.5) is 18.9 Å². The molecular formula is C14H16F3N3O2. The Bertz CT molecular complexity index is 653. The fourth-order valence-electron chi connectivity index (χ4n) is 1.94. The molecule has 0 fully saturated rings. The smallest absolute Gasteiger partial charge is 0.435 e. The Morgan fingerprint density at radius 2 is 1.91 bits per heavy atom. The molecule has 0 radical (unpaired) electrons. The summed E-state index contributed by atoms with van der Waals surface area (Å²) in [7, 11) is 4.51. The number of halogens is 3. The Hall–Kier alpha value is -2.38. The van der Waals surface area contributed by atoms with Gasteiger partial charge in [-0.2, -0.15) is 18.3 Å². The van der Waals surface area contributed by atoms with E-state index in [1.54, 1.807) is 18.2 Å². The van der Waals surface area contributed by atoms with E-state index in [0.717, 1.165) is 6.07 Å². The number of aryl methyl sites for hydroxylation is 1. The average molecular weight is 315 g/mol. The van der Waals surface area contributed by atoms with Gasteiger partial charge in [0.05, 0.1) is 32.1 Å². The Labute approximate surface area is 125 Å². The predicted molar refractivity (Wildman–Crippen MR) is 75.1 cm³/mol. The van der Waals surface area contributed by atoms with Crippen molar-refractivity contribution in [1.29, 1.82) is 0 Å². The largest absolute Gasteiger partial charge is 0.497 e. The molecule has 0 spiro atoms. The molecule has 0 amide bonds. The zero-order chi connectivity index (χ0) is 16.3. The van der Waals surface area contributed by atoms with Crippen molar-refractivity contribution in [2.45, 2.75) is 12.7 Å². The van der Waals surface area contributed by atoms with E-state index in [1.807, 2.05) is 0 Å². The van der Waals surface area contributed by atoms with Gasteiger partial charge in [0.1, 0.15) is 11.5 Å². The lowest BCUT2D eigenvalue weighted by atomic mass is 10.2. The summed E-state index contributed by atoms with van der Waals surface area (Å²) in [6.07, 6.45) is -4.45. The van der Waals surface area contributed by atoms with Crippen LogP contribution in [0.2, 0.25) is 0 Å². The fourth-order valence-corrected chi connectivity index (χ4v) is 1.94. The third kappa shape index (κ3) is 3.44. The summed E-state index contributed by atoms with van der Waals surface area (Å²) >= 11 is 0. The van der Waals surface area contributed by atoms with Crippen molar-refractivity contribution in [1.82, 2.24) is 9.78 Å². The van der Waals surface area contributed by atoms with Crippen molar-refractivity contribution in [3.05, 3.63) is 35.7 Å². The van der Waals surface area contributed by atoms with Crippen LogP contribution in [0.5, 0.6) is 11.5 Å². The maximum absolute atomic E-state index is 12.6. The van der Waals surface area contributed by atoms with Crippen LogP contribution in [-0.2, 0) is 19.8 Å². The number of benzene rings is 1.